The van der Waals surface area contributed by atoms with Crippen LogP contribution in [0.15, 0.2) is 12.1 Å². The summed E-state index contributed by atoms with van der Waals surface area (Å²) < 4.78 is 10.9. The lowest BCUT2D eigenvalue weighted by Crippen LogP contribution is -2.21. The van der Waals surface area contributed by atoms with Gasteiger partial charge in [-0.2, -0.15) is 0 Å². The number of nitrogens with two attached hydrogens (primary N) is 1. The highest BCUT2D eigenvalue weighted by atomic mass is 16.5. The maximum Gasteiger partial charge on any atom is 0.122 e. The number of hydrogen-bond donors (Lipinski definition) is 1. The van der Waals surface area contributed by atoms with Crippen LogP contribution in [0.4, 0.5) is 0 Å². The Hall–Kier alpha value is -1.22. The second-order valence-corrected chi connectivity index (χ2v) is 4.60. The maximum atomic E-state index is 6.02. The Bertz CT molecular complexity index is 377. The number of rotatable bonds is 7. The van der Waals surface area contributed by atoms with Crippen LogP contribution >= 0.6 is 0 Å². The summed E-state index contributed by atoms with van der Waals surface area (Å²) in [6.45, 7) is 4.26. The summed E-state index contributed by atoms with van der Waals surface area (Å²) in [6, 6.07) is 4.32. The van der Waals surface area contributed by atoms with Crippen molar-refractivity contribution in [1.29, 1.82) is 0 Å². The summed E-state index contributed by atoms with van der Waals surface area (Å²) >= 11 is 0. The number of ether oxygens (including phenoxy) is 2. The van der Waals surface area contributed by atoms with Gasteiger partial charge in [0.05, 0.1) is 14.2 Å². The summed E-state index contributed by atoms with van der Waals surface area (Å²) in [5.74, 6) is 1.86. The van der Waals surface area contributed by atoms with Crippen molar-refractivity contribution in [2.75, 3.05) is 14.2 Å². The van der Waals surface area contributed by atoms with Gasteiger partial charge in [-0.25, -0.2) is 0 Å². The second-order valence-electron chi connectivity index (χ2n) is 4.60. The fourth-order valence-electron chi connectivity index (χ4n) is 2.08. The fraction of sp³-hybridized carbons (Fsp3) is 0.600. The minimum Gasteiger partial charge on any atom is -0.496 e. The zero-order valence-corrected chi connectivity index (χ0v) is 12.0. The smallest absolute Gasteiger partial charge is 0.122 e. The molecule has 0 unspecified atom stereocenters. The molecule has 0 aliphatic rings. The average molecular weight is 251 g/mol. The zero-order valence-electron chi connectivity index (χ0n) is 12.0. The first-order valence-corrected chi connectivity index (χ1v) is 6.65. The van der Waals surface area contributed by atoms with Crippen molar-refractivity contribution >= 4 is 0 Å². The Kier molecular flexibility index (Phi) is 5.99. The van der Waals surface area contributed by atoms with Crippen molar-refractivity contribution in [3.05, 3.63) is 23.3 Å². The lowest BCUT2D eigenvalue weighted by Gasteiger charge is -2.16. The average Bonchev–Trinajstić information content (AvgIpc) is 2.39. The quantitative estimate of drug-likeness (QED) is 0.810. The molecule has 102 valence electrons. The van der Waals surface area contributed by atoms with E-state index in [1.807, 2.05) is 0 Å². The van der Waals surface area contributed by atoms with Gasteiger partial charge in [0, 0.05) is 6.04 Å². The van der Waals surface area contributed by atoms with Gasteiger partial charge in [-0.15, -0.1) is 0 Å². The highest BCUT2D eigenvalue weighted by Crippen LogP contribution is 2.30. The lowest BCUT2D eigenvalue weighted by atomic mass is 9.99. The van der Waals surface area contributed by atoms with Gasteiger partial charge in [-0.3, -0.25) is 0 Å². The van der Waals surface area contributed by atoms with E-state index >= 15 is 0 Å². The van der Waals surface area contributed by atoms with Crippen LogP contribution in [0, 0.1) is 0 Å². The molecule has 0 saturated heterocycles. The van der Waals surface area contributed by atoms with E-state index in [0.717, 1.165) is 42.7 Å². The first kappa shape index (κ1) is 14.8. The summed E-state index contributed by atoms with van der Waals surface area (Å²) in [5.41, 5.74) is 8.35. The largest absolute Gasteiger partial charge is 0.496 e. The monoisotopic (exact) mass is 251 g/mol. The molecule has 0 fully saturated rings. The molecule has 0 saturated carbocycles. The number of benzene rings is 1. The lowest BCUT2D eigenvalue weighted by molar-refractivity contribution is 0.393. The summed E-state index contributed by atoms with van der Waals surface area (Å²) in [7, 11) is 3.42. The van der Waals surface area contributed by atoms with Gasteiger partial charge < -0.3 is 15.2 Å². The van der Waals surface area contributed by atoms with Crippen LogP contribution in [-0.4, -0.2) is 20.3 Å². The molecule has 1 rings (SSSR count). The second kappa shape index (κ2) is 7.27. The van der Waals surface area contributed by atoms with E-state index in [0.29, 0.717) is 0 Å². The van der Waals surface area contributed by atoms with E-state index in [4.69, 9.17) is 15.2 Å². The predicted octanol–water partition coefficient (Wildman–Crippen LogP) is 2.94. The molecule has 0 radical (unpaired) electrons. The minimum atomic E-state index is 0.167. The molecule has 0 spiro atoms. The molecule has 1 atom stereocenters. The normalized spacial score (nSPS) is 12.3. The maximum absolute atomic E-state index is 6.02. The Labute approximate surface area is 110 Å². The molecule has 1 aromatic carbocycles. The van der Waals surface area contributed by atoms with Gasteiger partial charge in [-0.1, -0.05) is 20.3 Å². The molecule has 0 aliphatic carbocycles. The van der Waals surface area contributed by atoms with Crippen LogP contribution in [0.1, 0.15) is 37.8 Å². The van der Waals surface area contributed by atoms with Gasteiger partial charge in [0.1, 0.15) is 11.5 Å². The molecular weight excluding hydrogens is 226 g/mol. The molecule has 2 N–H and O–H groups in total. The van der Waals surface area contributed by atoms with Gasteiger partial charge in [0.2, 0.25) is 0 Å². The molecule has 0 bridgehead atoms. The third-order valence-electron chi connectivity index (χ3n) is 3.21. The summed E-state index contributed by atoms with van der Waals surface area (Å²) in [4.78, 5) is 0. The molecule has 0 heterocycles. The standard InChI is InChI=1S/C15H25NO2/c1-5-7-11-9-15(18-4)12(8-13(16)6-2)10-14(11)17-3/h9-10,13H,5-8,16H2,1-4H3/t13-/m0/s1. The Balaban J connectivity index is 3.09. The van der Waals surface area contributed by atoms with Crippen LogP contribution in [0.3, 0.4) is 0 Å². The van der Waals surface area contributed by atoms with Crippen molar-refractivity contribution in [3.63, 3.8) is 0 Å². The van der Waals surface area contributed by atoms with Crippen molar-refractivity contribution < 1.29 is 9.47 Å². The van der Waals surface area contributed by atoms with Gasteiger partial charge in [0.25, 0.3) is 0 Å². The van der Waals surface area contributed by atoms with Crippen LogP contribution < -0.4 is 15.2 Å². The number of methoxy groups -OCH3 is 2. The third kappa shape index (κ3) is 3.64. The topological polar surface area (TPSA) is 44.5 Å². The number of aryl methyl sites for hydroxylation is 1. The third-order valence-corrected chi connectivity index (χ3v) is 3.21. The fourth-order valence-corrected chi connectivity index (χ4v) is 2.08. The Morgan fingerprint density at radius 3 is 2.11 bits per heavy atom. The number of hydrogen-bond acceptors (Lipinski definition) is 3. The van der Waals surface area contributed by atoms with E-state index in [9.17, 15) is 0 Å². The summed E-state index contributed by atoms with van der Waals surface area (Å²) in [6.07, 6.45) is 3.87. The van der Waals surface area contributed by atoms with Gasteiger partial charge >= 0.3 is 0 Å². The SMILES string of the molecule is CCCc1cc(OC)c(C[C@@H](N)CC)cc1OC. The van der Waals surface area contributed by atoms with Gasteiger partial charge in [-0.05, 0) is 42.5 Å². The zero-order chi connectivity index (χ0) is 13.5. The summed E-state index contributed by atoms with van der Waals surface area (Å²) in [5, 5.41) is 0. The van der Waals surface area contributed by atoms with E-state index in [1.54, 1.807) is 14.2 Å². The molecule has 3 heteroatoms. The van der Waals surface area contributed by atoms with Crippen molar-refractivity contribution in [3.8, 4) is 11.5 Å². The molecule has 18 heavy (non-hydrogen) atoms. The van der Waals surface area contributed by atoms with Crippen molar-refractivity contribution in [1.82, 2.24) is 0 Å². The van der Waals surface area contributed by atoms with Crippen LogP contribution in [0.5, 0.6) is 11.5 Å². The van der Waals surface area contributed by atoms with Crippen LogP contribution in [0.2, 0.25) is 0 Å². The van der Waals surface area contributed by atoms with Crippen molar-refractivity contribution in [2.45, 2.75) is 45.6 Å². The highest BCUT2D eigenvalue weighted by Gasteiger charge is 2.12. The Morgan fingerprint density at radius 1 is 1.06 bits per heavy atom. The van der Waals surface area contributed by atoms with Crippen molar-refractivity contribution in [2.24, 2.45) is 5.73 Å². The first-order chi connectivity index (χ1) is 8.65. The van der Waals surface area contributed by atoms with Crippen LogP contribution in [-0.2, 0) is 12.8 Å². The van der Waals surface area contributed by atoms with E-state index in [-0.39, 0.29) is 6.04 Å². The minimum absolute atomic E-state index is 0.167. The molecule has 0 aliphatic heterocycles. The molecule has 0 aromatic heterocycles. The first-order valence-electron chi connectivity index (χ1n) is 6.65. The highest BCUT2D eigenvalue weighted by molar-refractivity contribution is 5.47. The molecular formula is C15H25NO2. The van der Waals surface area contributed by atoms with Crippen LogP contribution in [0.25, 0.3) is 0 Å². The van der Waals surface area contributed by atoms with Gasteiger partial charge in [0.15, 0.2) is 0 Å². The van der Waals surface area contributed by atoms with E-state index < -0.39 is 0 Å². The Morgan fingerprint density at radius 2 is 1.61 bits per heavy atom. The van der Waals surface area contributed by atoms with E-state index in [2.05, 4.69) is 26.0 Å². The molecule has 3 nitrogen and oxygen atoms in total. The predicted molar refractivity (Wildman–Crippen MR) is 75.5 cm³/mol. The van der Waals surface area contributed by atoms with E-state index in [1.165, 1.54) is 5.56 Å². The molecule has 0 amide bonds. The molecule has 1 aromatic rings.